The summed E-state index contributed by atoms with van der Waals surface area (Å²) >= 11 is 1.52. The summed E-state index contributed by atoms with van der Waals surface area (Å²) in [5.74, 6) is -0.0982. The topological polar surface area (TPSA) is 81.9 Å². The van der Waals surface area contributed by atoms with E-state index >= 15 is 0 Å². The zero-order valence-electron chi connectivity index (χ0n) is 15.1. The monoisotopic (exact) mass is 409 g/mol. The minimum Gasteiger partial charge on any atom is -0.484 e. The smallest absolute Gasteiger partial charge is 0.258 e. The van der Waals surface area contributed by atoms with Crippen LogP contribution < -0.4 is 10.1 Å². The highest BCUT2D eigenvalue weighted by Crippen LogP contribution is 2.26. The van der Waals surface area contributed by atoms with Crippen LogP contribution in [0.3, 0.4) is 0 Å². The van der Waals surface area contributed by atoms with E-state index in [4.69, 9.17) is 4.74 Å². The fraction of sp³-hybridized carbons (Fsp3) is 0.100. The van der Waals surface area contributed by atoms with E-state index < -0.39 is 0 Å². The number of carbonyl (C=O) groups is 1. The Morgan fingerprint density at radius 3 is 2.76 bits per heavy atom. The van der Waals surface area contributed by atoms with Crippen molar-refractivity contribution in [3.8, 4) is 11.4 Å². The van der Waals surface area contributed by atoms with Crippen molar-refractivity contribution in [3.63, 3.8) is 0 Å². The number of nitrogens with one attached hydrogen (secondary N) is 1. The van der Waals surface area contributed by atoms with Gasteiger partial charge in [-0.3, -0.25) is 4.79 Å². The van der Waals surface area contributed by atoms with Gasteiger partial charge in [-0.05, 0) is 51.7 Å². The van der Waals surface area contributed by atoms with Crippen LogP contribution in [0.4, 0.5) is 4.39 Å². The van der Waals surface area contributed by atoms with Crippen LogP contribution in [0.2, 0.25) is 0 Å². The molecule has 0 radical (unpaired) electrons. The summed E-state index contributed by atoms with van der Waals surface area (Å²) in [7, 11) is 0. The Kier molecular flexibility index (Phi) is 5.57. The molecule has 0 bridgehead atoms. The molecular weight excluding hydrogens is 393 g/mol. The molecule has 1 N–H and O–H groups in total. The number of aromatic nitrogens is 4. The van der Waals surface area contributed by atoms with Gasteiger partial charge in [0.05, 0.1) is 11.7 Å². The first-order chi connectivity index (χ1) is 14.2. The first-order valence-electron chi connectivity index (χ1n) is 8.73. The van der Waals surface area contributed by atoms with E-state index in [-0.39, 0.29) is 24.4 Å². The van der Waals surface area contributed by atoms with Crippen LogP contribution in [0.25, 0.3) is 5.69 Å². The Morgan fingerprint density at radius 2 is 2.03 bits per heavy atom. The van der Waals surface area contributed by atoms with E-state index in [1.54, 1.807) is 30.3 Å². The van der Waals surface area contributed by atoms with Gasteiger partial charge < -0.3 is 10.1 Å². The minimum absolute atomic E-state index is 0.165. The van der Waals surface area contributed by atoms with Gasteiger partial charge in [-0.25, -0.2) is 9.07 Å². The van der Waals surface area contributed by atoms with Crippen molar-refractivity contribution in [1.29, 1.82) is 0 Å². The summed E-state index contributed by atoms with van der Waals surface area (Å²) in [4.78, 5) is 13.5. The van der Waals surface area contributed by atoms with Crippen molar-refractivity contribution in [2.75, 3.05) is 6.61 Å². The second-order valence-electron chi connectivity index (χ2n) is 6.11. The van der Waals surface area contributed by atoms with Crippen LogP contribution in [0.5, 0.6) is 5.75 Å². The molecule has 4 rings (SSSR count). The molecule has 0 aliphatic carbocycles. The second kappa shape index (κ2) is 8.61. The van der Waals surface area contributed by atoms with E-state index in [1.165, 1.54) is 34.5 Å². The van der Waals surface area contributed by atoms with Gasteiger partial charge in [0.2, 0.25) is 0 Å². The van der Waals surface area contributed by atoms with E-state index in [2.05, 4.69) is 20.8 Å². The second-order valence-corrected chi connectivity index (χ2v) is 7.09. The van der Waals surface area contributed by atoms with Crippen molar-refractivity contribution < 1.29 is 13.9 Å². The maximum atomic E-state index is 13.3. The predicted molar refractivity (Wildman–Crippen MR) is 105 cm³/mol. The third-order valence-electron chi connectivity index (χ3n) is 4.14. The number of benzene rings is 2. The molecule has 4 aromatic rings. The largest absolute Gasteiger partial charge is 0.484 e. The van der Waals surface area contributed by atoms with Crippen molar-refractivity contribution in [3.05, 3.63) is 88.6 Å². The fourth-order valence-corrected chi connectivity index (χ4v) is 3.58. The summed E-state index contributed by atoms with van der Waals surface area (Å²) in [5.41, 5.74) is 1.51. The number of amides is 1. The molecule has 29 heavy (non-hydrogen) atoms. The Bertz CT molecular complexity index is 1070. The molecule has 2 heterocycles. The molecule has 0 saturated carbocycles. The Morgan fingerprint density at radius 1 is 1.17 bits per heavy atom. The van der Waals surface area contributed by atoms with E-state index in [1.807, 2.05) is 23.6 Å². The molecule has 2 aromatic carbocycles. The average molecular weight is 409 g/mol. The van der Waals surface area contributed by atoms with Gasteiger partial charge in [-0.15, -0.1) is 16.4 Å². The number of hydrogen-bond acceptors (Lipinski definition) is 6. The molecular formula is C20H16FN5O2S. The SMILES string of the molecule is O=C(COc1cccc(-n2cnnn2)c1)N[C@@H](c1ccc(F)cc1)c1cccs1. The molecule has 0 aliphatic heterocycles. The molecule has 0 saturated heterocycles. The summed E-state index contributed by atoms with van der Waals surface area (Å²) < 4.78 is 20.4. The van der Waals surface area contributed by atoms with Gasteiger partial charge >= 0.3 is 0 Å². The van der Waals surface area contributed by atoms with Gasteiger partial charge in [0.15, 0.2) is 6.61 Å². The molecule has 1 amide bonds. The number of carbonyl (C=O) groups excluding carboxylic acids is 1. The maximum absolute atomic E-state index is 13.3. The number of thiophene rings is 1. The molecule has 0 spiro atoms. The maximum Gasteiger partial charge on any atom is 0.258 e. The zero-order valence-corrected chi connectivity index (χ0v) is 15.9. The molecule has 2 aromatic heterocycles. The lowest BCUT2D eigenvalue weighted by Crippen LogP contribution is -2.32. The van der Waals surface area contributed by atoms with Crippen LogP contribution in [-0.2, 0) is 4.79 Å². The lowest BCUT2D eigenvalue weighted by atomic mass is 10.1. The van der Waals surface area contributed by atoms with Crippen LogP contribution in [0.15, 0.2) is 72.4 Å². The number of hydrogen-bond donors (Lipinski definition) is 1. The lowest BCUT2D eigenvalue weighted by Gasteiger charge is -2.18. The van der Waals surface area contributed by atoms with Crippen molar-refractivity contribution in [1.82, 2.24) is 25.5 Å². The summed E-state index contributed by atoms with van der Waals surface area (Å²) in [6.07, 6.45) is 1.47. The van der Waals surface area contributed by atoms with Gasteiger partial charge in [0.25, 0.3) is 5.91 Å². The van der Waals surface area contributed by atoms with Gasteiger partial charge in [0.1, 0.15) is 17.9 Å². The van der Waals surface area contributed by atoms with Crippen molar-refractivity contribution in [2.45, 2.75) is 6.04 Å². The molecule has 1 atom stereocenters. The summed E-state index contributed by atoms with van der Waals surface area (Å²) in [5, 5.41) is 15.9. The van der Waals surface area contributed by atoms with Crippen LogP contribution in [0, 0.1) is 5.82 Å². The number of rotatable bonds is 7. The number of nitrogens with zero attached hydrogens (tertiary/aromatic N) is 4. The Balaban J connectivity index is 1.44. The first kappa shape index (κ1) is 18.8. The quantitative estimate of drug-likeness (QED) is 0.507. The van der Waals surface area contributed by atoms with Crippen molar-refractivity contribution in [2.24, 2.45) is 0 Å². The third kappa shape index (κ3) is 4.64. The molecule has 0 unspecified atom stereocenters. The highest BCUT2D eigenvalue weighted by molar-refractivity contribution is 7.10. The highest BCUT2D eigenvalue weighted by atomic mass is 32.1. The summed E-state index contributed by atoms with van der Waals surface area (Å²) in [6, 6.07) is 16.6. The standard InChI is InChI=1S/C20H16FN5O2S/c21-15-8-6-14(7-9-15)20(18-5-2-10-29-18)23-19(27)12-28-17-4-1-3-16(11-17)26-13-22-24-25-26/h1-11,13,20H,12H2,(H,23,27)/t20-/m0/s1. The lowest BCUT2D eigenvalue weighted by molar-refractivity contribution is -0.123. The minimum atomic E-state index is -0.376. The first-order valence-corrected chi connectivity index (χ1v) is 9.61. The van der Waals surface area contributed by atoms with Crippen LogP contribution in [-0.4, -0.2) is 32.7 Å². The molecule has 0 aliphatic rings. The van der Waals surface area contributed by atoms with Crippen LogP contribution in [0.1, 0.15) is 16.5 Å². The van der Waals surface area contributed by atoms with Crippen LogP contribution >= 0.6 is 11.3 Å². The number of halogens is 1. The van der Waals surface area contributed by atoms with Gasteiger partial charge in [0, 0.05) is 10.9 Å². The molecule has 7 nitrogen and oxygen atoms in total. The predicted octanol–water partition coefficient (Wildman–Crippen LogP) is 3.15. The van der Waals surface area contributed by atoms with E-state index in [0.29, 0.717) is 5.75 Å². The normalized spacial score (nSPS) is 11.8. The molecule has 0 fully saturated rings. The van der Waals surface area contributed by atoms with E-state index in [0.717, 1.165) is 16.1 Å². The van der Waals surface area contributed by atoms with Gasteiger partial charge in [-0.2, -0.15) is 0 Å². The summed E-state index contributed by atoms with van der Waals surface area (Å²) in [6.45, 7) is -0.165. The molecule has 9 heteroatoms. The average Bonchev–Trinajstić information content (AvgIpc) is 3.46. The Hall–Kier alpha value is -3.59. The number of tetrazole rings is 1. The fourth-order valence-electron chi connectivity index (χ4n) is 2.78. The molecule has 146 valence electrons. The Labute approximate surface area is 169 Å². The van der Waals surface area contributed by atoms with Crippen molar-refractivity contribution >= 4 is 17.2 Å². The van der Waals surface area contributed by atoms with Gasteiger partial charge in [-0.1, -0.05) is 24.3 Å². The zero-order chi connectivity index (χ0) is 20.1. The van der Waals surface area contributed by atoms with E-state index in [9.17, 15) is 9.18 Å². The third-order valence-corrected chi connectivity index (χ3v) is 5.07. The number of ether oxygens (including phenoxy) is 1. The highest BCUT2D eigenvalue weighted by Gasteiger charge is 2.18.